The molecule has 1 atom stereocenters. The van der Waals surface area contributed by atoms with E-state index in [0.29, 0.717) is 0 Å². The van der Waals surface area contributed by atoms with Crippen LogP contribution in [0, 0.1) is 0 Å². The fraction of sp³-hybridized carbons (Fsp3) is 0.875. The second kappa shape index (κ2) is 6.58. The number of allylic oxidation sites excluding steroid dienone is 1. The van der Waals surface area contributed by atoms with Gasteiger partial charge in [0.25, 0.3) is 0 Å². The molecule has 1 rings (SSSR count). The SMILES string of the molecule is CCCCCC/C=C/C1(C)CCCC(C)(C)O1. The van der Waals surface area contributed by atoms with Gasteiger partial charge in [-0.2, -0.15) is 0 Å². The Labute approximate surface area is 108 Å². The second-order valence-electron chi connectivity index (χ2n) is 6.28. The van der Waals surface area contributed by atoms with Crippen molar-refractivity contribution in [1.82, 2.24) is 0 Å². The smallest absolute Gasteiger partial charge is 0.0841 e. The summed E-state index contributed by atoms with van der Waals surface area (Å²) in [6, 6.07) is 0. The summed E-state index contributed by atoms with van der Waals surface area (Å²) < 4.78 is 6.20. The molecule has 17 heavy (non-hydrogen) atoms. The van der Waals surface area contributed by atoms with Crippen molar-refractivity contribution < 1.29 is 4.74 Å². The van der Waals surface area contributed by atoms with E-state index in [1.807, 2.05) is 0 Å². The van der Waals surface area contributed by atoms with Crippen LogP contribution < -0.4 is 0 Å². The van der Waals surface area contributed by atoms with Gasteiger partial charge in [0.2, 0.25) is 0 Å². The van der Waals surface area contributed by atoms with Crippen LogP contribution in [0.2, 0.25) is 0 Å². The van der Waals surface area contributed by atoms with E-state index in [1.165, 1.54) is 51.4 Å². The molecule has 0 N–H and O–H groups in total. The fourth-order valence-corrected chi connectivity index (χ4v) is 2.74. The summed E-state index contributed by atoms with van der Waals surface area (Å²) in [7, 11) is 0. The van der Waals surface area contributed by atoms with Gasteiger partial charge in [-0.15, -0.1) is 0 Å². The first kappa shape index (κ1) is 14.8. The monoisotopic (exact) mass is 238 g/mol. The van der Waals surface area contributed by atoms with E-state index in [4.69, 9.17) is 4.74 Å². The van der Waals surface area contributed by atoms with Gasteiger partial charge in [-0.1, -0.05) is 38.3 Å². The Bertz CT molecular complexity index is 242. The van der Waals surface area contributed by atoms with Gasteiger partial charge in [0.05, 0.1) is 11.2 Å². The normalized spacial score (nSPS) is 28.7. The maximum absolute atomic E-state index is 6.20. The molecule has 0 amide bonds. The van der Waals surface area contributed by atoms with Crippen molar-refractivity contribution >= 4 is 0 Å². The largest absolute Gasteiger partial charge is 0.365 e. The molecule has 0 saturated carbocycles. The van der Waals surface area contributed by atoms with E-state index in [-0.39, 0.29) is 11.2 Å². The summed E-state index contributed by atoms with van der Waals surface area (Å²) in [5.41, 5.74) is 0.0338. The van der Waals surface area contributed by atoms with Crippen LogP contribution in [0.25, 0.3) is 0 Å². The maximum atomic E-state index is 6.20. The van der Waals surface area contributed by atoms with Crippen molar-refractivity contribution in [1.29, 1.82) is 0 Å². The quantitative estimate of drug-likeness (QED) is 0.453. The summed E-state index contributed by atoms with van der Waals surface area (Å²) in [6.45, 7) is 8.91. The summed E-state index contributed by atoms with van der Waals surface area (Å²) in [5.74, 6) is 0. The maximum Gasteiger partial charge on any atom is 0.0841 e. The Kier molecular flexibility index (Phi) is 5.72. The topological polar surface area (TPSA) is 9.23 Å². The lowest BCUT2D eigenvalue weighted by Crippen LogP contribution is -2.42. The van der Waals surface area contributed by atoms with Crippen LogP contribution in [-0.2, 0) is 4.74 Å². The summed E-state index contributed by atoms with van der Waals surface area (Å²) in [4.78, 5) is 0. The minimum atomic E-state index is -0.0213. The molecule has 1 heterocycles. The molecule has 1 aliphatic heterocycles. The van der Waals surface area contributed by atoms with Gasteiger partial charge in [0, 0.05) is 0 Å². The van der Waals surface area contributed by atoms with Crippen LogP contribution >= 0.6 is 0 Å². The third-order valence-corrected chi connectivity index (χ3v) is 3.66. The van der Waals surface area contributed by atoms with Crippen molar-refractivity contribution in [2.75, 3.05) is 0 Å². The molecule has 1 nitrogen and oxygen atoms in total. The zero-order valence-electron chi connectivity index (χ0n) is 12.2. The van der Waals surface area contributed by atoms with Crippen molar-refractivity contribution in [2.45, 2.75) is 90.3 Å². The number of hydrogen-bond acceptors (Lipinski definition) is 1. The first-order valence-corrected chi connectivity index (χ1v) is 7.35. The van der Waals surface area contributed by atoms with Crippen LogP contribution in [0.15, 0.2) is 12.2 Å². The molecule has 0 aliphatic carbocycles. The molecule has 100 valence electrons. The van der Waals surface area contributed by atoms with Gasteiger partial charge in [0.15, 0.2) is 0 Å². The molecule has 0 radical (unpaired) electrons. The van der Waals surface area contributed by atoms with Gasteiger partial charge in [-0.05, 0) is 52.9 Å². The number of unbranched alkanes of at least 4 members (excludes halogenated alkanes) is 4. The van der Waals surface area contributed by atoms with Crippen molar-refractivity contribution in [3.8, 4) is 0 Å². The van der Waals surface area contributed by atoms with Gasteiger partial charge in [-0.3, -0.25) is 0 Å². The van der Waals surface area contributed by atoms with E-state index in [0.717, 1.165) is 0 Å². The average Bonchev–Trinajstić information content (AvgIpc) is 2.21. The van der Waals surface area contributed by atoms with Crippen LogP contribution in [0.5, 0.6) is 0 Å². The highest BCUT2D eigenvalue weighted by Crippen LogP contribution is 2.35. The van der Waals surface area contributed by atoms with Crippen LogP contribution in [-0.4, -0.2) is 11.2 Å². The zero-order chi connectivity index (χ0) is 12.8. The predicted molar refractivity (Wildman–Crippen MR) is 75.3 cm³/mol. The van der Waals surface area contributed by atoms with Crippen molar-refractivity contribution in [3.63, 3.8) is 0 Å². The highest BCUT2D eigenvalue weighted by atomic mass is 16.5. The third-order valence-electron chi connectivity index (χ3n) is 3.66. The van der Waals surface area contributed by atoms with E-state index in [1.54, 1.807) is 0 Å². The van der Waals surface area contributed by atoms with Gasteiger partial charge in [0.1, 0.15) is 0 Å². The second-order valence-corrected chi connectivity index (χ2v) is 6.28. The Morgan fingerprint density at radius 2 is 1.82 bits per heavy atom. The first-order valence-electron chi connectivity index (χ1n) is 7.35. The number of hydrogen-bond donors (Lipinski definition) is 0. The summed E-state index contributed by atoms with van der Waals surface area (Å²) >= 11 is 0. The molecule has 1 saturated heterocycles. The van der Waals surface area contributed by atoms with E-state index >= 15 is 0 Å². The van der Waals surface area contributed by atoms with Gasteiger partial charge in [-0.25, -0.2) is 0 Å². The molecule has 1 fully saturated rings. The molecular formula is C16H30O. The molecule has 0 aromatic heterocycles. The van der Waals surface area contributed by atoms with E-state index < -0.39 is 0 Å². The Hall–Kier alpha value is -0.300. The minimum absolute atomic E-state index is 0.0213. The van der Waals surface area contributed by atoms with Crippen molar-refractivity contribution in [3.05, 3.63) is 12.2 Å². The molecule has 0 aromatic carbocycles. The predicted octanol–water partition coefficient (Wildman–Crippen LogP) is 5.25. The molecular weight excluding hydrogens is 208 g/mol. The highest BCUT2D eigenvalue weighted by Gasteiger charge is 2.35. The summed E-state index contributed by atoms with van der Waals surface area (Å²) in [5, 5.41) is 0. The minimum Gasteiger partial charge on any atom is -0.365 e. The van der Waals surface area contributed by atoms with Crippen LogP contribution in [0.3, 0.4) is 0 Å². The highest BCUT2D eigenvalue weighted by molar-refractivity contribution is 5.03. The van der Waals surface area contributed by atoms with Crippen molar-refractivity contribution in [2.24, 2.45) is 0 Å². The Morgan fingerprint density at radius 3 is 2.47 bits per heavy atom. The van der Waals surface area contributed by atoms with Gasteiger partial charge < -0.3 is 4.74 Å². The lowest BCUT2D eigenvalue weighted by atomic mass is 9.87. The Morgan fingerprint density at radius 1 is 1.06 bits per heavy atom. The van der Waals surface area contributed by atoms with E-state index in [9.17, 15) is 0 Å². The van der Waals surface area contributed by atoms with Gasteiger partial charge >= 0.3 is 0 Å². The molecule has 1 aliphatic rings. The Balaban J connectivity index is 2.30. The summed E-state index contributed by atoms with van der Waals surface area (Å²) in [6.07, 6.45) is 14.9. The third kappa shape index (κ3) is 5.72. The lowest BCUT2D eigenvalue weighted by Gasteiger charge is -2.41. The fourth-order valence-electron chi connectivity index (χ4n) is 2.74. The van der Waals surface area contributed by atoms with E-state index in [2.05, 4.69) is 39.8 Å². The van der Waals surface area contributed by atoms with Crippen LogP contribution in [0.1, 0.15) is 79.1 Å². The molecule has 0 spiro atoms. The zero-order valence-corrected chi connectivity index (χ0v) is 12.2. The number of rotatable bonds is 6. The molecule has 1 heteroatoms. The van der Waals surface area contributed by atoms with Crippen LogP contribution in [0.4, 0.5) is 0 Å². The molecule has 1 unspecified atom stereocenters. The first-order chi connectivity index (χ1) is 7.97. The average molecular weight is 238 g/mol. The lowest BCUT2D eigenvalue weighted by molar-refractivity contribution is -0.140. The standard InChI is InChI=1S/C16H30O/c1-5-6-7-8-9-10-13-16(4)14-11-12-15(2,3)17-16/h10,13H,5-9,11-12,14H2,1-4H3/b13-10+. The molecule has 0 bridgehead atoms. The molecule has 0 aromatic rings. The number of ether oxygens (including phenoxy) is 1.